The molecule has 1 fully saturated rings. The lowest BCUT2D eigenvalue weighted by Gasteiger charge is -2.14. The van der Waals surface area contributed by atoms with Crippen LogP contribution in [-0.4, -0.2) is 25.1 Å². The van der Waals surface area contributed by atoms with Gasteiger partial charge in [0.25, 0.3) is 0 Å². The molecular weight excluding hydrogens is 276 g/mol. The highest BCUT2D eigenvalue weighted by atomic mass is 35.5. The van der Waals surface area contributed by atoms with Crippen molar-refractivity contribution in [2.45, 2.75) is 38.6 Å². The fraction of sp³-hybridized carbons (Fsp3) is 0.533. The van der Waals surface area contributed by atoms with E-state index in [0.717, 1.165) is 25.8 Å². The van der Waals surface area contributed by atoms with Crippen molar-refractivity contribution in [2.24, 2.45) is 0 Å². The summed E-state index contributed by atoms with van der Waals surface area (Å²) in [7, 11) is 0. The van der Waals surface area contributed by atoms with Gasteiger partial charge in [-0.3, -0.25) is 4.79 Å². The molecule has 0 aliphatic carbocycles. The lowest BCUT2D eigenvalue weighted by molar-refractivity contribution is -0.116. The van der Waals surface area contributed by atoms with Gasteiger partial charge in [-0.25, -0.2) is 0 Å². The van der Waals surface area contributed by atoms with E-state index in [-0.39, 0.29) is 11.9 Å². The summed E-state index contributed by atoms with van der Waals surface area (Å²) in [5.74, 6) is 0.664. The van der Waals surface area contributed by atoms with E-state index >= 15 is 0 Å². The largest absolute Gasteiger partial charge is 0.491 e. The van der Waals surface area contributed by atoms with Crippen molar-refractivity contribution < 1.29 is 9.53 Å². The van der Waals surface area contributed by atoms with E-state index in [0.29, 0.717) is 29.5 Å². The van der Waals surface area contributed by atoms with Gasteiger partial charge in [-0.15, -0.1) is 0 Å². The van der Waals surface area contributed by atoms with Crippen LogP contribution in [0, 0.1) is 0 Å². The quantitative estimate of drug-likeness (QED) is 0.847. The molecule has 1 aliphatic heterocycles. The first-order valence-electron chi connectivity index (χ1n) is 7.14. The molecule has 2 rings (SSSR count). The molecule has 0 radical (unpaired) electrons. The number of rotatable bonds is 6. The molecule has 1 aromatic rings. The molecule has 1 heterocycles. The minimum atomic E-state index is -0.00647. The summed E-state index contributed by atoms with van der Waals surface area (Å²) >= 11 is 5.99. The summed E-state index contributed by atoms with van der Waals surface area (Å²) in [6.45, 7) is 3.66. The Bertz CT molecular complexity index is 459. The van der Waals surface area contributed by atoms with Gasteiger partial charge in [0.15, 0.2) is 0 Å². The Morgan fingerprint density at radius 2 is 2.40 bits per heavy atom. The second-order valence-electron chi connectivity index (χ2n) is 5.03. The second-order valence-corrected chi connectivity index (χ2v) is 5.47. The number of carbonyl (C=O) groups is 1. The van der Waals surface area contributed by atoms with Crippen molar-refractivity contribution in [3.05, 3.63) is 23.2 Å². The smallest absolute Gasteiger partial charge is 0.226 e. The lowest BCUT2D eigenvalue weighted by atomic mass is 10.1. The minimum Gasteiger partial charge on any atom is -0.491 e. The number of benzene rings is 1. The molecule has 0 spiro atoms. The number of amides is 1. The first-order valence-corrected chi connectivity index (χ1v) is 7.52. The minimum absolute atomic E-state index is 0.00647. The van der Waals surface area contributed by atoms with Gasteiger partial charge in [0.2, 0.25) is 5.91 Å². The fourth-order valence-corrected chi connectivity index (χ4v) is 2.47. The van der Waals surface area contributed by atoms with Crippen molar-refractivity contribution in [3.8, 4) is 5.75 Å². The van der Waals surface area contributed by atoms with Crippen molar-refractivity contribution >= 4 is 23.2 Å². The first kappa shape index (κ1) is 15.1. The van der Waals surface area contributed by atoms with E-state index in [2.05, 4.69) is 10.6 Å². The van der Waals surface area contributed by atoms with Gasteiger partial charge in [0.05, 0.1) is 12.3 Å². The van der Waals surface area contributed by atoms with E-state index in [1.807, 2.05) is 6.92 Å². The first-order chi connectivity index (χ1) is 9.69. The number of hydrogen-bond donors (Lipinski definition) is 2. The molecule has 0 saturated carbocycles. The second kappa shape index (κ2) is 7.50. The number of nitrogens with one attached hydrogen (secondary N) is 2. The molecule has 2 N–H and O–H groups in total. The summed E-state index contributed by atoms with van der Waals surface area (Å²) in [5, 5.41) is 6.80. The van der Waals surface area contributed by atoms with Gasteiger partial charge < -0.3 is 15.4 Å². The van der Waals surface area contributed by atoms with E-state index in [4.69, 9.17) is 16.3 Å². The maximum atomic E-state index is 12.1. The Kier molecular flexibility index (Phi) is 5.68. The predicted octanol–water partition coefficient (Wildman–Crippen LogP) is 3.21. The highest BCUT2D eigenvalue weighted by Crippen LogP contribution is 2.28. The molecule has 1 saturated heterocycles. The van der Waals surface area contributed by atoms with Crippen LogP contribution in [0.4, 0.5) is 5.69 Å². The highest BCUT2D eigenvalue weighted by molar-refractivity contribution is 6.31. The number of anilines is 1. The Hall–Kier alpha value is -1.26. The van der Waals surface area contributed by atoms with Crippen LogP contribution in [0.25, 0.3) is 0 Å². The third-order valence-electron chi connectivity index (χ3n) is 3.27. The summed E-state index contributed by atoms with van der Waals surface area (Å²) in [4.78, 5) is 12.1. The van der Waals surface area contributed by atoms with E-state index < -0.39 is 0 Å². The highest BCUT2D eigenvalue weighted by Gasteiger charge is 2.18. The van der Waals surface area contributed by atoms with Crippen LogP contribution in [0.15, 0.2) is 18.2 Å². The van der Waals surface area contributed by atoms with Crippen LogP contribution in [0.5, 0.6) is 5.75 Å². The molecule has 1 aliphatic rings. The van der Waals surface area contributed by atoms with E-state index in [9.17, 15) is 4.79 Å². The summed E-state index contributed by atoms with van der Waals surface area (Å²) in [5.41, 5.74) is 0.647. The van der Waals surface area contributed by atoms with Crippen molar-refractivity contribution in [1.29, 1.82) is 0 Å². The average molecular weight is 297 g/mol. The van der Waals surface area contributed by atoms with Crippen LogP contribution in [0.3, 0.4) is 0 Å². The SMILES string of the molecule is CCCOc1ccc(Cl)cc1NC(=O)CC1CCCN1. The Morgan fingerprint density at radius 3 is 3.10 bits per heavy atom. The molecule has 1 aromatic carbocycles. The van der Waals surface area contributed by atoms with Crippen molar-refractivity contribution in [2.75, 3.05) is 18.5 Å². The number of ether oxygens (including phenoxy) is 1. The van der Waals surface area contributed by atoms with Crippen molar-refractivity contribution in [1.82, 2.24) is 5.32 Å². The number of carbonyl (C=O) groups excluding carboxylic acids is 1. The molecule has 1 atom stereocenters. The zero-order valence-electron chi connectivity index (χ0n) is 11.7. The zero-order valence-corrected chi connectivity index (χ0v) is 12.5. The molecule has 110 valence electrons. The van der Waals surface area contributed by atoms with Gasteiger partial charge in [0, 0.05) is 17.5 Å². The van der Waals surface area contributed by atoms with Gasteiger partial charge in [-0.1, -0.05) is 18.5 Å². The zero-order chi connectivity index (χ0) is 14.4. The van der Waals surface area contributed by atoms with Crippen LogP contribution in [-0.2, 0) is 4.79 Å². The van der Waals surface area contributed by atoms with Gasteiger partial charge >= 0.3 is 0 Å². The molecule has 0 aromatic heterocycles. The van der Waals surface area contributed by atoms with E-state index in [1.54, 1.807) is 18.2 Å². The Morgan fingerprint density at radius 1 is 1.55 bits per heavy atom. The third-order valence-corrected chi connectivity index (χ3v) is 3.51. The summed E-state index contributed by atoms with van der Waals surface area (Å²) < 4.78 is 5.62. The summed E-state index contributed by atoms with van der Waals surface area (Å²) in [6, 6.07) is 5.57. The molecular formula is C15H21ClN2O2. The fourth-order valence-electron chi connectivity index (χ4n) is 2.29. The monoisotopic (exact) mass is 296 g/mol. The normalized spacial score (nSPS) is 18.0. The van der Waals surface area contributed by atoms with Crippen molar-refractivity contribution in [3.63, 3.8) is 0 Å². The molecule has 20 heavy (non-hydrogen) atoms. The number of halogens is 1. The molecule has 1 unspecified atom stereocenters. The molecule has 5 heteroatoms. The van der Waals surface area contributed by atoms with E-state index in [1.165, 1.54) is 0 Å². The lowest BCUT2D eigenvalue weighted by Crippen LogP contribution is -2.27. The molecule has 0 bridgehead atoms. The topological polar surface area (TPSA) is 50.4 Å². The third kappa shape index (κ3) is 4.39. The van der Waals surface area contributed by atoms with Crippen LogP contribution >= 0.6 is 11.6 Å². The van der Waals surface area contributed by atoms with Gasteiger partial charge in [-0.05, 0) is 44.0 Å². The summed E-state index contributed by atoms with van der Waals surface area (Å²) in [6.07, 6.45) is 3.60. The van der Waals surface area contributed by atoms with Gasteiger partial charge in [-0.2, -0.15) is 0 Å². The number of hydrogen-bond acceptors (Lipinski definition) is 3. The molecule has 4 nitrogen and oxygen atoms in total. The Labute approximate surface area is 124 Å². The standard InChI is InChI=1S/C15H21ClN2O2/c1-2-8-20-14-6-5-11(16)9-13(14)18-15(19)10-12-4-3-7-17-12/h5-6,9,12,17H,2-4,7-8,10H2,1H3,(H,18,19). The molecule has 1 amide bonds. The van der Waals surface area contributed by atoms with Crippen LogP contribution in [0.2, 0.25) is 5.02 Å². The Balaban J connectivity index is 1.98. The maximum Gasteiger partial charge on any atom is 0.226 e. The average Bonchev–Trinajstić information content (AvgIpc) is 2.90. The predicted molar refractivity (Wildman–Crippen MR) is 81.5 cm³/mol. The van der Waals surface area contributed by atoms with Gasteiger partial charge in [0.1, 0.15) is 5.75 Å². The maximum absolute atomic E-state index is 12.1. The van der Waals surface area contributed by atoms with Crippen LogP contribution in [0.1, 0.15) is 32.6 Å². The van der Waals surface area contributed by atoms with Crippen LogP contribution < -0.4 is 15.4 Å².